The molecule has 1 saturated carbocycles. The van der Waals surface area contributed by atoms with Crippen molar-refractivity contribution < 1.29 is 26.4 Å². The number of sulfone groups is 1. The molecule has 174 valence electrons. The van der Waals surface area contributed by atoms with E-state index in [1.807, 2.05) is 23.8 Å². The Bertz CT molecular complexity index is 1270. The molecule has 0 spiro atoms. The smallest absolute Gasteiger partial charge is 0.308 e. The van der Waals surface area contributed by atoms with Crippen LogP contribution in [0.2, 0.25) is 0 Å². The van der Waals surface area contributed by atoms with E-state index in [9.17, 15) is 26.4 Å². The topological polar surface area (TPSA) is 75.3 Å². The first-order valence-corrected chi connectivity index (χ1v) is 12.8. The van der Waals surface area contributed by atoms with Crippen LogP contribution in [0.15, 0.2) is 64.2 Å². The summed E-state index contributed by atoms with van der Waals surface area (Å²) in [5.41, 5.74) is 0.721. The van der Waals surface area contributed by atoms with E-state index >= 15 is 0 Å². The number of halogens is 3. The van der Waals surface area contributed by atoms with E-state index in [1.165, 1.54) is 35.6 Å². The third kappa shape index (κ3) is 5.56. The predicted molar refractivity (Wildman–Crippen MR) is 123 cm³/mol. The minimum absolute atomic E-state index is 0.0362. The summed E-state index contributed by atoms with van der Waals surface area (Å²) in [5.74, 6) is 0.551. The number of carbonyl (C=O) groups is 1. The number of thiophene rings is 1. The summed E-state index contributed by atoms with van der Waals surface area (Å²) in [5, 5.41) is 8.69. The second-order valence-electron chi connectivity index (χ2n) is 8.13. The molecule has 0 bridgehead atoms. The summed E-state index contributed by atoms with van der Waals surface area (Å²) in [6.07, 6.45) is -3.67. The van der Waals surface area contributed by atoms with Crippen LogP contribution in [-0.2, 0) is 16.0 Å². The first kappa shape index (κ1) is 23.3. The summed E-state index contributed by atoms with van der Waals surface area (Å²) in [6, 6.07) is 9.88. The fourth-order valence-corrected chi connectivity index (χ4v) is 6.01. The minimum atomic E-state index is -4.54. The van der Waals surface area contributed by atoms with Gasteiger partial charge in [0.1, 0.15) is 0 Å². The summed E-state index contributed by atoms with van der Waals surface area (Å²) in [6.45, 7) is 2.00. The van der Waals surface area contributed by atoms with Crippen LogP contribution in [0.1, 0.15) is 18.9 Å². The zero-order valence-corrected chi connectivity index (χ0v) is 19.2. The molecule has 2 atom stereocenters. The van der Waals surface area contributed by atoms with E-state index < -0.39 is 27.6 Å². The Morgan fingerprint density at radius 1 is 1.12 bits per heavy atom. The molecule has 0 aliphatic heterocycles. The lowest BCUT2D eigenvalue weighted by Crippen LogP contribution is -2.20. The molecule has 2 unspecified atom stereocenters. The second kappa shape index (κ2) is 8.83. The summed E-state index contributed by atoms with van der Waals surface area (Å²) in [7, 11) is -3.55. The van der Waals surface area contributed by atoms with Gasteiger partial charge in [-0.25, -0.2) is 13.2 Å². The first-order chi connectivity index (χ1) is 15.5. The van der Waals surface area contributed by atoms with Gasteiger partial charge in [-0.2, -0.15) is 24.5 Å². The molecule has 1 aromatic heterocycles. The van der Waals surface area contributed by atoms with Gasteiger partial charge in [0.25, 0.3) is 0 Å². The standard InChI is InChI=1S/C23H21F3N2O3S2/c1-14-9-16(14)13-33(30,31)19-5-6-20(15-7-8-32-12-15)21(11-19)28-22(29)27-18-4-2-3-17(10-18)23(24,25)26/h2-8,10-12,14,16H,9,13H2,1H3,(H2,27,28,29). The number of amides is 2. The maximum absolute atomic E-state index is 13.0. The highest BCUT2D eigenvalue weighted by molar-refractivity contribution is 7.91. The largest absolute Gasteiger partial charge is 0.416 e. The summed E-state index contributed by atoms with van der Waals surface area (Å²) in [4.78, 5) is 12.7. The number of anilines is 2. The van der Waals surface area contributed by atoms with Crippen LogP contribution in [0.5, 0.6) is 0 Å². The number of nitrogens with one attached hydrogen (secondary N) is 2. The molecule has 2 aromatic carbocycles. The van der Waals surface area contributed by atoms with Crippen molar-refractivity contribution in [3.63, 3.8) is 0 Å². The molecule has 1 heterocycles. The fraction of sp³-hybridized carbons (Fsp3) is 0.261. The molecular formula is C23H21F3N2O3S2. The zero-order valence-electron chi connectivity index (χ0n) is 17.5. The number of benzene rings is 2. The van der Waals surface area contributed by atoms with Crippen LogP contribution < -0.4 is 10.6 Å². The summed E-state index contributed by atoms with van der Waals surface area (Å²) >= 11 is 1.44. The molecule has 4 rings (SSSR count). The van der Waals surface area contributed by atoms with Gasteiger partial charge in [0.2, 0.25) is 0 Å². The van der Waals surface area contributed by atoms with Crippen molar-refractivity contribution in [1.82, 2.24) is 0 Å². The van der Waals surface area contributed by atoms with Crippen molar-refractivity contribution in [2.75, 3.05) is 16.4 Å². The number of hydrogen-bond acceptors (Lipinski definition) is 4. The van der Waals surface area contributed by atoms with Crippen molar-refractivity contribution in [2.45, 2.75) is 24.4 Å². The van der Waals surface area contributed by atoms with Crippen LogP contribution in [0.25, 0.3) is 11.1 Å². The molecule has 33 heavy (non-hydrogen) atoms. The van der Waals surface area contributed by atoms with Gasteiger partial charge in [-0.3, -0.25) is 0 Å². The maximum Gasteiger partial charge on any atom is 0.416 e. The molecular weight excluding hydrogens is 473 g/mol. The van der Waals surface area contributed by atoms with E-state index in [0.717, 1.165) is 24.1 Å². The van der Waals surface area contributed by atoms with Crippen molar-refractivity contribution >= 4 is 38.6 Å². The molecule has 5 nitrogen and oxygen atoms in total. The van der Waals surface area contributed by atoms with Gasteiger partial charge in [0.15, 0.2) is 9.84 Å². The van der Waals surface area contributed by atoms with Crippen molar-refractivity contribution in [3.8, 4) is 11.1 Å². The lowest BCUT2D eigenvalue weighted by Gasteiger charge is -2.14. The highest BCUT2D eigenvalue weighted by atomic mass is 32.2. The van der Waals surface area contributed by atoms with Crippen molar-refractivity contribution in [3.05, 3.63) is 64.9 Å². The zero-order chi connectivity index (χ0) is 23.8. The molecule has 1 aliphatic carbocycles. The van der Waals surface area contributed by atoms with E-state index in [1.54, 1.807) is 6.07 Å². The first-order valence-electron chi connectivity index (χ1n) is 10.2. The van der Waals surface area contributed by atoms with Gasteiger partial charge >= 0.3 is 12.2 Å². The normalized spacial score (nSPS) is 18.1. The average molecular weight is 495 g/mol. The molecule has 1 aliphatic rings. The molecule has 2 N–H and O–H groups in total. The molecule has 3 aromatic rings. The van der Waals surface area contributed by atoms with E-state index in [2.05, 4.69) is 10.6 Å². The van der Waals surface area contributed by atoms with Crippen LogP contribution in [0, 0.1) is 11.8 Å². The third-order valence-corrected chi connectivity index (χ3v) is 8.11. The Morgan fingerprint density at radius 3 is 2.52 bits per heavy atom. The molecule has 0 radical (unpaired) electrons. The molecule has 10 heteroatoms. The third-order valence-electron chi connectivity index (χ3n) is 5.59. The van der Waals surface area contributed by atoms with Gasteiger partial charge in [-0.05, 0) is 71.0 Å². The predicted octanol–water partition coefficient (Wildman–Crippen LogP) is 6.51. The Hall–Kier alpha value is -2.85. The Labute approximate surface area is 193 Å². The lowest BCUT2D eigenvalue weighted by molar-refractivity contribution is -0.137. The number of hydrogen-bond donors (Lipinski definition) is 2. The van der Waals surface area contributed by atoms with Crippen molar-refractivity contribution in [1.29, 1.82) is 0 Å². The molecule has 2 amide bonds. The number of alkyl halides is 3. The Kier molecular flexibility index (Phi) is 6.24. The highest BCUT2D eigenvalue weighted by Gasteiger charge is 2.37. The minimum Gasteiger partial charge on any atom is -0.308 e. The Morgan fingerprint density at radius 2 is 1.88 bits per heavy atom. The van der Waals surface area contributed by atoms with Gasteiger partial charge in [-0.15, -0.1) is 0 Å². The van der Waals surface area contributed by atoms with Gasteiger partial charge in [0.05, 0.1) is 21.9 Å². The quantitative estimate of drug-likeness (QED) is 0.410. The monoisotopic (exact) mass is 494 g/mol. The molecule has 1 fully saturated rings. The summed E-state index contributed by atoms with van der Waals surface area (Å²) < 4.78 is 64.6. The van der Waals surface area contributed by atoms with Crippen molar-refractivity contribution in [2.24, 2.45) is 11.8 Å². The van der Waals surface area contributed by atoms with Gasteiger partial charge < -0.3 is 10.6 Å². The van der Waals surface area contributed by atoms with E-state index in [0.29, 0.717) is 11.5 Å². The molecule has 0 saturated heterocycles. The van der Waals surface area contributed by atoms with Crippen LogP contribution >= 0.6 is 11.3 Å². The van der Waals surface area contributed by atoms with Crippen LogP contribution in [0.3, 0.4) is 0 Å². The highest BCUT2D eigenvalue weighted by Crippen LogP contribution is 2.40. The maximum atomic E-state index is 13.0. The SMILES string of the molecule is CC1CC1CS(=O)(=O)c1ccc(-c2ccsc2)c(NC(=O)Nc2cccc(C(F)(F)F)c2)c1. The average Bonchev–Trinajstić information content (AvgIpc) is 3.18. The number of carbonyl (C=O) groups excluding carboxylic acids is 1. The van der Waals surface area contributed by atoms with E-state index in [-0.39, 0.29) is 27.9 Å². The number of urea groups is 1. The fourth-order valence-electron chi connectivity index (χ4n) is 3.56. The second-order valence-corrected chi connectivity index (χ2v) is 10.9. The lowest BCUT2D eigenvalue weighted by atomic mass is 10.1. The van der Waals surface area contributed by atoms with Crippen LogP contribution in [0.4, 0.5) is 29.3 Å². The van der Waals surface area contributed by atoms with Gasteiger partial charge in [0, 0.05) is 11.3 Å². The van der Waals surface area contributed by atoms with E-state index in [4.69, 9.17) is 0 Å². The number of rotatable bonds is 6. The van der Waals surface area contributed by atoms with Crippen LogP contribution in [-0.4, -0.2) is 20.2 Å². The van der Waals surface area contributed by atoms with Gasteiger partial charge in [-0.1, -0.05) is 19.1 Å². The Balaban J connectivity index is 1.60.